The summed E-state index contributed by atoms with van der Waals surface area (Å²) in [6, 6.07) is 43.1. The van der Waals surface area contributed by atoms with Gasteiger partial charge in [-0.2, -0.15) is 0 Å². The molecule has 0 saturated heterocycles. The molecule has 0 saturated carbocycles. The molecule has 0 atom stereocenters. The highest BCUT2D eigenvalue weighted by atomic mass is 19.1. The number of benzene rings is 5. The Balaban J connectivity index is 1.29. The van der Waals surface area contributed by atoms with E-state index in [9.17, 15) is 9.90 Å². The molecule has 48 heavy (non-hydrogen) atoms. The number of halogens is 1. The summed E-state index contributed by atoms with van der Waals surface area (Å²) in [6.45, 7) is 3.17. The summed E-state index contributed by atoms with van der Waals surface area (Å²) in [6.07, 6.45) is 6.95. The highest BCUT2D eigenvalue weighted by Crippen LogP contribution is 2.41. The largest absolute Gasteiger partial charge is 0.458 e. The van der Waals surface area contributed by atoms with Crippen LogP contribution in [-0.2, 0) is 11.1 Å². The molecule has 2 aromatic heterocycles. The summed E-state index contributed by atoms with van der Waals surface area (Å²) in [4.78, 5) is 18.2. The maximum atomic E-state index is 15.1. The zero-order valence-electron chi connectivity index (χ0n) is 26.5. The van der Waals surface area contributed by atoms with Crippen molar-refractivity contribution in [3.63, 3.8) is 0 Å². The van der Waals surface area contributed by atoms with E-state index in [1.54, 1.807) is 26.0 Å². The highest BCUT2D eigenvalue weighted by Gasteiger charge is 2.38. The smallest absolute Gasteiger partial charge is 0.188 e. The Hall–Kier alpha value is -5.85. The van der Waals surface area contributed by atoms with Crippen LogP contribution in [0.15, 0.2) is 156 Å². The van der Waals surface area contributed by atoms with Crippen molar-refractivity contribution in [2.75, 3.05) is 0 Å². The van der Waals surface area contributed by atoms with E-state index in [1.807, 2.05) is 91.4 Å². The van der Waals surface area contributed by atoms with Gasteiger partial charge in [0.1, 0.15) is 28.3 Å². The predicted octanol–water partition coefficient (Wildman–Crippen LogP) is 9.40. The number of aromatic nitrogens is 2. The van der Waals surface area contributed by atoms with Gasteiger partial charge in [-0.1, -0.05) is 121 Å². The molecule has 2 heterocycles. The first-order valence-corrected chi connectivity index (χ1v) is 15.7. The highest BCUT2D eigenvalue weighted by molar-refractivity contribution is 6.09. The molecular weight excluding hydrogens is 599 g/mol. The lowest BCUT2D eigenvalue weighted by atomic mass is 9.77. The molecule has 0 radical (unpaired) electrons. The zero-order chi connectivity index (χ0) is 33.3. The number of carbonyl (C=O) groups excluding carboxylic acids is 1. The molecule has 5 aromatic carbocycles. The fourth-order valence-corrected chi connectivity index (χ4v) is 6.31. The van der Waals surface area contributed by atoms with Crippen LogP contribution in [0, 0.1) is 5.82 Å². The van der Waals surface area contributed by atoms with Crippen LogP contribution in [0.1, 0.15) is 52.2 Å². The third-order valence-corrected chi connectivity index (χ3v) is 8.67. The SMILES string of the molecule is CC(C)(O)c1cc2cc(C(=O)C=Cc3ccccc3-c3cn(C(c4ccccc4)(c4ccccc4)c4ccccc4)cn3)c(F)cc2o1. The summed E-state index contributed by atoms with van der Waals surface area (Å²) in [5.74, 6) is -0.891. The standard InChI is InChI=1S/C42H33FN2O3/c1-41(2,47)40-25-30-24-35(36(43)26-39(30)48-40)38(46)23-22-29-14-12-13-21-34(29)37-27-45(28-44-37)42(31-15-6-3-7-16-31,32-17-8-4-9-18-32)33-19-10-5-11-20-33/h3-28,47H,1-2H3. The Morgan fingerprint density at radius 1 is 0.792 bits per heavy atom. The number of aliphatic hydroxyl groups is 1. The van der Waals surface area contributed by atoms with E-state index in [-0.39, 0.29) is 11.1 Å². The minimum atomic E-state index is -1.24. The monoisotopic (exact) mass is 632 g/mol. The lowest BCUT2D eigenvalue weighted by molar-refractivity contribution is 0.0558. The molecule has 0 fully saturated rings. The van der Waals surface area contributed by atoms with Crippen molar-refractivity contribution in [1.82, 2.24) is 9.55 Å². The third-order valence-electron chi connectivity index (χ3n) is 8.67. The number of hydrogen-bond acceptors (Lipinski definition) is 4. The topological polar surface area (TPSA) is 68.3 Å². The van der Waals surface area contributed by atoms with Crippen LogP contribution in [0.3, 0.4) is 0 Å². The fraction of sp³-hybridized carbons (Fsp3) is 0.0952. The van der Waals surface area contributed by atoms with Gasteiger partial charge in [0.05, 0.1) is 17.6 Å². The molecular formula is C42H33FN2O3. The second-order valence-corrected chi connectivity index (χ2v) is 12.3. The minimum absolute atomic E-state index is 0.0815. The zero-order valence-corrected chi connectivity index (χ0v) is 26.5. The Labute approximate surface area is 278 Å². The van der Waals surface area contributed by atoms with Gasteiger partial charge >= 0.3 is 0 Å². The Morgan fingerprint density at radius 2 is 1.35 bits per heavy atom. The van der Waals surface area contributed by atoms with Gasteiger partial charge in [-0.05, 0) is 54.3 Å². The van der Waals surface area contributed by atoms with Crippen molar-refractivity contribution in [3.8, 4) is 11.3 Å². The van der Waals surface area contributed by atoms with Gasteiger partial charge in [0, 0.05) is 23.2 Å². The predicted molar refractivity (Wildman–Crippen MR) is 187 cm³/mol. The first-order chi connectivity index (χ1) is 23.2. The normalized spacial score (nSPS) is 12.2. The number of nitrogens with zero attached hydrogens (tertiary/aromatic N) is 2. The average molecular weight is 633 g/mol. The minimum Gasteiger partial charge on any atom is -0.458 e. The molecule has 0 amide bonds. The molecule has 7 aromatic rings. The number of ketones is 1. The summed E-state index contributed by atoms with van der Waals surface area (Å²) < 4.78 is 22.9. The number of hydrogen-bond donors (Lipinski definition) is 1. The van der Waals surface area contributed by atoms with Crippen LogP contribution in [0.5, 0.6) is 0 Å². The van der Waals surface area contributed by atoms with Gasteiger partial charge in [-0.25, -0.2) is 9.37 Å². The summed E-state index contributed by atoms with van der Waals surface area (Å²) >= 11 is 0. The lowest BCUT2D eigenvalue weighted by Crippen LogP contribution is -2.36. The van der Waals surface area contributed by atoms with Gasteiger partial charge in [0.25, 0.3) is 0 Å². The third kappa shape index (κ3) is 5.57. The van der Waals surface area contributed by atoms with Gasteiger partial charge < -0.3 is 14.1 Å². The number of imidazole rings is 1. The lowest BCUT2D eigenvalue weighted by Gasteiger charge is -2.37. The second kappa shape index (κ2) is 12.4. The number of carbonyl (C=O) groups is 1. The molecule has 1 N–H and O–H groups in total. The summed E-state index contributed by atoms with van der Waals surface area (Å²) in [5.41, 5.74) is 3.78. The number of rotatable bonds is 9. The fourth-order valence-electron chi connectivity index (χ4n) is 6.31. The Morgan fingerprint density at radius 3 is 1.94 bits per heavy atom. The van der Waals surface area contributed by atoms with Crippen LogP contribution < -0.4 is 0 Å². The van der Waals surface area contributed by atoms with Crippen LogP contribution in [0.4, 0.5) is 4.39 Å². The molecule has 0 aliphatic heterocycles. The van der Waals surface area contributed by atoms with Crippen molar-refractivity contribution >= 4 is 22.8 Å². The van der Waals surface area contributed by atoms with E-state index in [0.29, 0.717) is 11.1 Å². The van der Waals surface area contributed by atoms with E-state index < -0.39 is 22.7 Å². The van der Waals surface area contributed by atoms with Crippen molar-refractivity contribution in [3.05, 3.63) is 191 Å². The van der Waals surface area contributed by atoms with Crippen LogP contribution in [-0.4, -0.2) is 20.4 Å². The number of allylic oxidation sites excluding steroid dienone is 1. The van der Waals surface area contributed by atoms with Crippen molar-refractivity contribution in [2.45, 2.75) is 25.0 Å². The summed E-state index contributed by atoms with van der Waals surface area (Å²) in [7, 11) is 0. The maximum absolute atomic E-state index is 15.1. The second-order valence-electron chi connectivity index (χ2n) is 12.3. The van der Waals surface area contributed by atoms with E-state index in [2.05, 4.69) is 41.0 Å². The molecule has 5 nitrogen and oxygen atoms in total. The first-order valence-electron chi connectivity index (χ1n) is 15.7. The quantitative estimate of drug-likeness (QED) is 0.0978. The molecule has 6 heteroatoms. The number of furan rings is 1. The van der Waals surface area contributed by atoms with Gasteiger partial charge in [-0.15, -0.1) is 0 Å². The van der Waals surface area contributed by atoms with Crippen LogP contribution in [0.25, 0.3) is 28.3 Å². The summed E-state index contributed by atoms with van der Waals surface area (Å²) in [5, 5.41) is 10.9. The van der Waals surface area contributed by atoms with E-state index in [4.69, 9.17) is 9.40 Å². The average Bonchev–Trinajstić information content (AvgIpc) is 3.77. The van der Waals surface area contributed by atoms with Crippen molar-refractivity contribution in [2.24, 2.45) is 0 Å². The van der Waals surface area contributed by atoms with Crippen molar-refractivity contribution < 1.29 is 18.7 Å². The van der Waals surface area contributed by atoms with E-state index >= 15 is 4.39 Å². The first kappa shape index (κ1) is 30.8. The number of fused-ring (bicyclic) bond motifs is 1. The Kier molecular flexibility index (Phi) is 7.95. The van der Waals surface area contributed by atoms with E-state index in [1.165, 1.54) is 18.2 Å². The van der Waals surface area contributed by atoms with Gasteiger partial charge in [0.15, 0.2) is 5.78 Å². The maximum Gasteiger partial charge on any atom is 0.188 e. The van der Waals surface area contributed by atoms with E-state index in [0.717, 1.165) is 33.5 Å². The Bertz CT molecular complexity index is 2150. The van der Waals surface area contributed by atoms with Crippen LogP contribution in [0.2, 0.25) is 0 Å². The molecule has 236 valence electrons. The molecule has 0 aliphatic rings. The molecule has 0 unspecified atom stereocenters. The van der Waals surface area contributed by atoms with Gasteiger partial charge in [-0.3, -0.25) is 4.79 Å². The van der Waals surface area contributed by atoms with Gasteiger partial charge in [0.2, 0.25) is 0 Å². The molecule has 0 spiro atoms. The molecule has 0 bridgehead atoms. The molecule has 7 rings (SSSR count). The van der Waals surface area contributed by atoms with Crippen LogP contribution >= 0.6 is 0 Å². The van der Waals surface area contributed by atoms with Crippen molar-refractivity contribution in [1.29, 1.82) is 0 Å². The molecule has 0 aliphatic carbocycles.